The van der Waals surface area contributed by atoms with E-state index in [-0.39, 0.29) is 24.0 Å². The number of nitrogens with zero attached hydrogens (tertiary/aromatic N) is 4. The van der Waals surface area contributed by atoms with Crippen molar-refractivity contribution in [2.45, 2.75) is 19.8 Å². The second kappa shape index (κ2) is 10.6. The first-order valence-electron chi connectivity index (χ1n) is 9.22. The van der Waals surface area contributed by atoms with Crippen LogP contribution in [0, 0.1) is 5.92 Å². The highest BCUT2D eigenvalue weighted by atomic mass is 127. The van der Waals surface area contributed by atoms with Crippen LogP contribution in [0.25, 0.3) is 0 Å². The van der Waals surface area contributed by atoms with Crippen molar-refractivity contribution in [3.63, 3.8) is 0 Å². The summed E-state index contributed by atoms with van der Waals surface area (Å²) < 4.78 is 0. The fourth-order valence-electron chi connectivity index (χ4n) is 3.66. The minimum atomic E-state index is 0. The zero-order chi connectivity index (χ0) is 16.8. The molecule has 3 heterocycles. The Morgan fingerprint density at radius 2 is 1.92 bits per heavy atom. The van der Waals surface area contributed by atoms with Crippen LogP contribution in [0.3, 0.4) is 0 Å². The summed E-state index contributed by atoms with van der Waals surface area (Å²) in [5.74, 6) is 1.72. The van der Waals surface area contributed by atoms with Gasteiger partial charge in [0.2, 0.25) is 0 Å². The molecule has 7 heteroatoms. The lowest BCUT2D eigenvalue weighted by atomic mass is 10.1. The Labute approximate surface area is 173 Å². The standard InChI is InChI=1S/C18H31N5S.HI/c1-16(15-21-7-3-4-8-21)14-20-18(19-2)23-11-9-22(10-12-23)17-6-5-13-24-17;/h5-6,13,16H,3-4,7-12,14-15H2,1-2H3,(H,19,20);1H. The van der Waals surface area contributed by atoms with E-state index in [4.69, 9.17) is 0 Å². The number of piperazine rings is 1. The lowest BCUT2D eigenvalue weighted by Crippen LogP contribution is -2.53. The maximum absolute atomic E-state index is 4.51. The van der Waals surface area contributed by atoms with Crippen molar-refractivity contribution in [3.8, 4) is 0 Å². The number of nitrogens with one attached hydrogen (secondary N) is 1. The maximum atomic E-state index is 4.51. The number of likely N-dealkylation sites (tertiary alicyclic amines) is 1. The van der Waals surface area contributed by atoms with Crippen molar-refractivity contribution in [1.29, 1.82) is 0 Å². The van der Waals surface area contributed by atoms with Crippen LogP contribution in [0.2, 0.25) is 0 Å². The Balaban J connectivity index is 0.00000225. The summed E-state index contributed by atoms with van der Waals surface area (Å²) in [7, 11) is 1.90. The van der Waals surface area contributed by atoms with Crippen LogP contribution in [0.5, 0.6) is 0 Å². The number of anilines is 1. The van der Waals surface area contributed by atoms with Gasteiger partial charge in [-0.2, -0.15) is 0 Å². The number of hydrogen-bond acceptors (Lipinski definition) is 4. The van der Waals surface area contributed by atoms with Crippen LogP contribution in [0.15, 0.2) is 22.5 Å². The highest BCUT2D eigenvalue weighted by Gasteiger charge is 2.21. The molecule has 0 spiro atoms. The largest absolute Gasteiger partial charge is 0.360 e. The molecule has 1 aromatic rings. The van der Waals surface area contributed by atoms with Gasteiger partial charge >= 0.3 is 0 Å². The molecule has 2 saturated heterocycles. The monoisotopic (exact) mass is 477 g/mol. The topological polar surface area (TPSA) is 34.1 Å². The van der Waals surface area contributed by atoms with Gasteiger partial charge in [0, 0.05) is 46.3 Å². The van der Waals surface area contributed by atoms with E-state index in [9.17, 15) is 0 Å². The van der Waals surface area contributed by atoms with Crippen LogP contribution >= 0.6 is 35.3 Å². The van der Waals surface area contributed by atoms with Gasteiger partial charge in [0.25, 0.3) is 0 Å². The summed E-state index contributed by atoms with van der Waals surface area (Å²) >= 11 is 1.83. The quantitative estimate of drug-likeness (QED) is 0.402. The average Bonchev–Trinajstić information content (AvgIpc) is 3.29. The molecule has 0 amide bonds. The first-order chi connectivity index (χ1) is 11.8. The number of halogens is 1. The van der Waals surface area contributed by atoms with Crippen LogP contribution in [0.4, 0.5) is 5.00 Å². The van der Waals surface area contributed by atoms with Gasteiger partial charge in [-0.05, 0) is 49.4 Å². The Kier molecular flexibility index (Phi) is 8.78. The highest BCUT2D eigenvalue weighted by Crippen LogP contribution is 2.22. The van der Waals surface area contributed by atoms with E-state index in [1.807, 2.05) is 18.4 Å². The summed E-state index contributed by atoms with van der Waals surface area (Å²) in [6.45, 7) is 11.3. The molecule has 0 aromatic carbocycles. The van der Waals surface area contributed by atoms with Gasteiger partial charge in [0.15, 0.2) is 5.96 Å². The Hall–Kier alpha value is -0.540. The van der Waals surface area contributed by atoms with Crippen molar-refractivity contribution >= 4 is 46.3 Å². The second-order valence-corrected chi connectivity index (χ2v) is 7.89. The first kappa shape index (κ1) is 20.8. The summed E-state index contributed by atoms with van der Waals surface area (Å²) in [5, 5.41) is 7.14. The predicted octanol–water partition coefficient (Wildman–Crippen LogP) is 2.80. The van der Waals surface area contributed by atoms with Crippen molar-refractivity contribution in [3.05, 3.63) is 17.5 Å². The molecule has 2 aliphatic heterocycles. The fourth-order valence-corrected chi connectivity index (χ4v) is 4.44. The van der Waals surface area contributed by atoms with Gasteiger partial charge in [-0.1, -0.05) is 6.92 Å². The molecule has 0 bridgehead atoms. The average molecular weight is 477 g/mol. The Morgan fingerprint density at radius 3 is 2.52 bits per heavy atom. The number of hydrogen-bond donors (Lipinski definition) is 1. The molecule has 25 heavy (non-hydrogen) atoms. The molecule has 5 nitrogen and oxygen atoms in total. The number of guanidine groups is 1. The van der Waals surface area contributed by atoms with Gasteiger partial charge in [0.1, 0.15) is 0 Å². The molecular formula is C18H32IN5S. The molecule has 2 aliphatic rings. The third-order valence-corrected chi connectivity index (χ3v) is 5.92. The summed E-state index contributed by atoms with van der Waals surface area (Å²) in [6.07, 6.45) is 2.74. The summed E-state index contributed by atoms with van der Waals surface area (Å²) in [4.78, 5) is 12.0. The SMILES string of the molecule is CN=C(NCC(C)CN1CCCC1)N1CCN(c2cccs2)CC1.I. The lowest BCUT2D eigenvalue weighted by Gasteiger charge is -2.37. The second-order valence-electron chi connectivity index (χ2n) is 6.97. The normalized spacial score (nSPS) is 20.5. The minimum absolute atomic E-state index is 0. The number of aliphatic imine (C=N–C) groups is 1. The molecule has 2 fully saturated rings. The van der Waals surface area contributed by atoms with Crippen molar-refractivity contribution in [1.82, 2.24) is 15.1 Å². The minimum Gasteiger partial charge on any atom is -0.360 e. The van der Waals surface area contributed by atoms with Crippen LogP contribution in [-0.2, 0) is 0 Å². The predicted molar refractivity (Wildman–Crippen MR) is 120 cm³/mol. The summed E-state index contributed by atoms with van der Waals surface area (Å²) in [6, 6.07) is 4.35. The smallest absolute Gasteiger partial charge is 0.193 e. The molecular weight excluding hydrogens is 445 g/mol. The fraction of sp³-hybridized carbons (Fsp3) is 0.722. The molecule has 1 N–H and O–H groups in total. The van der Waals surface area contributed by atoms with E-state index in [0.717, 1.165) is 38.7 Å². The number of rotatable bonds is 5. The molecule has 3 rings (SSSR count). The third-order valence-electron chi connectivity index (χ3n) is 4.99. The van der Waals surface area contributed by atoms with Crippen molar-refractivity contribution < 1.29 is 0 Å². The van der Waals surface area contributed by atoms with Gasteiger partial charge < -0.3 is 20.0 Å². The molecule has 0 saturated carbocycles. The molecule has 1 unspecified atom stereocenters. The van der Waals surface area contributed by atoms with E-state index in [1.54, 1.807) is 0 Å². The van der Waals surface area contributed by atoms with Crippen LogP contribution < -0.4 is 10.2 Å². The first-order valence-corrected chi connectivity index (χ1v) is 10.1. The van der Waals surface area contributed by atoms with Crippen LogP contribution in [0.1, 0.15) is 19.8 Å². The molecule has 0 radical (unpaired) electrons. The highest BCUT2D eigenvalue weighted by molar-refractivity contribution is 14.0. The molecule has 1 atom stereocenters. The van der Waals surface area contributed by atoms with Gasteiger partial charge in [-0.15, -0.1) is 35.3 Å². The van der Waals surface area contributed by atoms with E-state index in [1.165, 1.54) is 37.5 Å². The van der Waals surface area contributed by atoms with Gasteiger partial charge in [0.05, 0.1) is 5.00 Å². The Bertz CT molecular complexity index is 508. The van der Waals surface area contributed by atoms with Crippen LogP contribution in [-0.4, -0.2) is 75.2 Å². The zero-order valence-corrected chi connectivity index (χ0v) is 18.6. The molecule has 142 valence electrons. The molecule has 0 aliphatic carbocycles. The van der Waals surface area contributed by atoms with E-state index in [2.05, 4.69) is 49.4 Å². The number of thiophene rings is 1. The molecule has 1 aromatic heterocycles. The van der Waals surface area contributed by atoms with Gasteiger partial charge in [-0.25, -0.2) is 0 Å². The van der Waals surface area contributed by atoms with Crippen molar-refractivity contribution in [2.75, 3.05) is 64.3 Å². The lowest BCUT2D eigenvalue weighted by molar-refractivity contribution is 0.285. The Morgan fingerprint density at radius 1 is 1.20 bits per heavy atom. The third kappa shape index (κ3) is 5.99. The van der Waals surface area contributed by atoms with Crippen molar-refractivity contribution in [2.24, 2.45) is 10.9 Å². The van der Waals surface area contributed by atoms with E-state index < -0.39 is 0 Å². The van der Waals surface area contributed by atoms with E-state index >= 15 is 0 Å². The van der Waals surface area contributed by atoms with Gasteiger partial charge in [-0.3, -0.25) is 4.99 Å². The van der Waals surface area contributed by atoms with E-state index in [0.29, 0.717) is 5.92 Å². The zero-order valence-electron chi connectivity index (χ0n) is 15.5. The summed E-state index contributed by atoms with van der Waals surface area (Å²) in [5.41, 5.74) is 0. The maximum Gasteiger partial charge on any atom is 0.193 e.